The number of likely N-dealkylation sites (tertiary alicyclic amines) is 1. The van der Waals surface area contributed by atoms with Crippen molar-refractivity contribution in [2.75, 3.05) is 13.6 Å². The number of aromatic carboxylic acids is 1. The Morgan fingerprint density at radius 2 is 2.57 bits per heavy atom. The van der Waals surface area contributed by atoms with Gasteiger partial charge in [0.25, 0.3) is 0 Å². The van der Waals surface area contributed by atoms with Crippen LogP contribution in [0.5, 0.6) is 0 Å². The van der Waals surface area contributed by atoms with E-state index in [1.165, 1.54) is 6.20 Å². The zero-order chi connectivity index (χ0) is 10.1. The van der Waals surface area contributed by atoms with E-state index in [0.29, 0.717) is 5.56 Å². The lowest BCUT2D eigenvalue weighted by molar-refractivity contribution is 0.0648. The van der Waals surface area contributed by atoms with Crippen LogP contribution in [0.2, 0.25) is 0 Å². The highest BCUT2D eigenvalue weighted by molar-refractivity contribution is 5.86. The van der Waals surface area contributed by atoms with E-state index in [0.717, 1.165) is 19.4 Å². The van der Waals surface area contributed by atoms with Gasteiger partial charge in [0.15, 0.2) is 0 Å². The van der Waals surface area contributed by atoms with Crippen molar-refractivity contribution >= 4 is 5.97 Å². The zero-order valence-corrected chi connectivity index (χ0v) is 7.93. The lowest BCUT2D eigenvalue weighted by Crippen LogP contribution is -2.18. The fraction of sp³-hybridized carbons (Fsp3) is 0.556. The van der Waals surface area contributed by atoms with E-state index in [9.17, 15) is 4.79 Å². The maximum Gasteiger partial charge on any atom is 0.375 e. The Labute approximate surface area is 81.3 Å². The molecule has 1 aromatic heterocycles. The maximum absolute atomic E-state index is 10.8. The molecular weight excluding hydrogens is 184 g/mol. The minimum absolute atomic E-state index is 0.0243. The van der Waals surface area contributed by atoms with E-state index in [1.807, 2.05) is 7.05 Å². The molecule has 1 fully saturated rings. The summed E-state index contributed by atoms with van der Waals surface area (Å²) < 4.78 is 4.71. The van der Waals surface area contributed by atoms with Gasteiger partial charge in [0, 0.05) is 11.6 Å². The van der Waals surface area contributed by atoms with Crippen molar-refractivity contribution in [3.8, 4) is 0 Å². The number of hydrogen-bond donors (Lipinski definition) is 1. The van der Waals surface area contributed by atoms with Crippen molar-refractivity contribution in [3.05, 3.63) is 17.5 Å². The Hall–Kier alpha value is -1.36. The second kappa shape index (κ2) is 3.42. The van der Waals surface area contributed by atoms with Crippen molar-refractivity contribution in [3.63, 3.8) is 0 Å². The number of rotatable bonds is 2. The Bertz CT molecular complexity index is 348. The molecule has 0 aliphatic carbocycles. The lowest BCUT2D eigenvalue weighted by Gasteiger charge is -2.17. The second-order valence-corrected chi connectivity index (χ2v) is 3.55. The monoisotopic (exact) mass is 196 g/mol. The summed E-state index contributed by atoms with van der Waals surface area (Å²) in [6.45, 7) is 0.995. The molecule has 1 aliphatic heterocycles. The fourth-order valence-corrected chi connectivity index (χ4v) is 1.95. The van der Waals surface area contributed by atoms with Crippen LogP contribution in [0.15, 0.2) is 10.7 Å². The number of aromatic nitrogens is 1. The van der Waals surface area contributed by atoms with Crippen molar-refractivity contribution in [2.45, 2.75) is 18.9 Å². The van der Waals surface area contributed by atoms with Gasteiger partial charge in [-0.3, -0.25) is 4.90 Å². The van der Waals surface area contributed by atoms with E-state index in [1.54, 1.807) is 0 Å². The summed E-state index contributed by atoms with van der Waals surface area (Å²) in [6, 6.07) is 0.146. The molecule has 76 valence electrons. The van der Waals surface area contributed by atoms with Crippen molar-refractivity contribution in [2.24, 2.45) is 0 Å². The third-order valence-corrected chi connectivity index (χ3v) is 2.67. The molecule has 0 aromatic carbocycles. The summed E-state index contributed by atoms with van der Waals surface area (Å²) in [5.74, 6) is -1.07. The Morgan fingerprint density at radius 3 is 3.14 bits per heavy atom. The zero-order valence-electron chi connectivity index (χ0n) is 7.93. The molecule has 0 radical (unpaired) electrons. The average molecular weight is 196 g/mol. The van der Waals surface area contributed by atoms with Gasteiger partial charge in [0.05, 0.1) is 6.20 Å². The topological polar surface area (TPSA) is 66.6 Å². The van der Waals surface area contributed by atoms with Crippen LogP contribution >= 0.6 is 0 Å². The highest BCUT2D eigenvalue weighted by Crippen LogP contribution is 2.32. The predicted molar refractivity (Wildman–Crippen MR) is 48.1 cm³/mol. The Kier molecular flexibility index (Phi) is 2.25. The average Bonchev–Trinajstić information content (AvgIpc) is 2.70. The molecule has 2 heterocycles. The highest BCUT2D eigenvalue weighted by atomic mass is 16.5. The molecule has 14 heavy (non-hydrogen) atoms. The van der Waals surface area contributed by atoms with E-state index in [4.69, 9.17) is 9.63 Å². The van der Waals surface area contributed by atoms with Gasteiger partial charge in [0.1, 0.15) is 0 Å². The van der Waals surface area contributed by atoms with Gasteiger partial charge in [-0.15, -0.1) is 0 Å². The third-order valence-electron chi connectivity index (χ3n) is 2.67. The number of hydrogen-bond acceptors (Lipinski definition) is 4. The molecule has 1 aliphatic rings. The van der Waals surface area contributed by atoms with Gasteiger partial charge in [-0.05, 0) is 26.4 Å². The molecule has 1 aromatic rings. The summed E-state index contributed by atoms with van der Waals surface area (Å²) in [6.07, 6.45) is 3.57. The summed E-state index contributed by atoms with van der Waals surface area (Å²) in [7, 11) is 1.98. The van der Waals surface area contributed by atoms with E-state index in [-0.39, 0.29) is 11.8 Å². The summed E-state index contributed by atoms with van der Waals surface area (Å²) in [5.41, 5.74) is 0.692. The van der Waals surface area contributed by atoms with Gasteiger partial charge in [-0.2, -0.15) is 0 Å². The summed E-state index contributed by atoms with van der Waals surface area (Å²) >= 11 is 0. The van der Waals surface area contributed by atoms with Gasteiger partial charge in [-0.1, -0.05) is 5.16 Å². The molecule has 0 spiro atoms. The van der Waals surface area contributed by atoms with Crippen LogP contribution in [-0.4, -0.2) is 34.7 Å². The van der Waals surface area contributed by atoms with Crippen molar-refractivity contribution < 1.29 is 14.4 Å². The number of carbonyl (C=O) groups is 1. The van der Waals surface area contributed by atoms with Gasteiger partial charge < -0.3 is 9.63 Å². The van der Waals surface area contributed by atoms with Gasteiger partial charge in [0.2, 0.25) is 5.76 Å². The van der Waals surface area contributed by atoms with Crippen molar-refractivity contribution in [1.82, 2.24) is 10.1 Å². The highest BCUT2D eigenvalue weighted by Gasteiger charge is 2.29. The fourth-order valence-electron chi connectivity index (χ4n) is 1.95. The van der Waals surface area contributed by atoms with Crippen LogP contribution in [0.4, 0.5) is 0 Å². The minimum Gasteiger partial charge on any atom is -0.475 e. The standard InChI is InChI=1S/C9H12N2O3/c1-11-4-2-3-7(11)6-5-10-14-8(6)9(12)13/h5,7H,2-4H2,1H3,(H,12,13). The number of carboxylic acid groups (broad SMARTS) is 1. The molecule has 0 bridgehead atoms. The number of nitrogens with zero attached hydrogens (tertiary/aromatic N) is 2. The molecule has 1 atom stereocenters. The molecule has 2 rings (SSSR count). The van der Waals surface area contributed by atoms with Gasteiger partial charge in [-0.25, -0.2) is 4.79 Å². The molecular formula is C9H12N2O3. The second-order valence-electron chi connectivity index (χ2n) is 3.55. The smallest absolute Gasteiger partial charge is 0.375 e. The Morgan fingerprint density at radius 1 is 1.79 bits per heavy atom. The molecule has 1 saturated heterocycles. The minimum atomic E-state index is -1.04. The largest absolute Gasteiger partial charge is 0.475 e. The molecule has 1 unspecified atom stereocenters. The van der Waals surface area contributed by atoms with E-state index >= 15 is 0 Å². The van der Waals surface area contributed by atoms with E-state index in [2.05, 4.69) is 10.1 Å². The normalized spacial score (nSPS) is 22.8. The van der Waals surface area contributed by atoms with Gasteiger partial charge >= 0.3 is 5.97 Å². The summed E-state index contributed by atoms with van der Waals surface area (Å²) in [4.78, 5) is 12.9. The van der Waals surface area contributed by atoms with E-state index < -0.39 is 5.97 Å². The molecule has 0 amide bonds. The predicted octanol–water partition coefficient (Wildman–Crippen LogP) is 1.14. The first-order valence-electron chi connectivity index (χ1n) is 4.58. The molecule has 5 heteroatoms. The van der Waals surface area contributed by atoms with Crippen LogP contribution < -0.4 is 0 Å². The number of carboxylic acids is 1. The molecule has 0 saturated carbocycles. The lowest BCUT2D eigenvalue weighted by atomic mass is 10.1. The van der Waals surface area contributed by atoms with Crippen molar-refractivity contribution in [1.29, 1.82) is 0 Å². The quantitative estimate of drug-likeness (QED) is 0.768. The molecule has 5 nitrogen and oxygen atoms in total. The molecule has 1 N–H and O–H groups in total. The first-order chi connectivity index (χ1) is 6.70. The first-order valence-corrected chi connectivity index (χ1v) is 4.58. The van der Waals surface area contributed by atoms with Crippen LogP contribution in [0.25, 0.3) is 0 Å². The van der Waals surface area contributed by atoms with Crippen LogP contribution in [0.3, 0.4) is 0 Å². The Balaban J connectivity index is 2.31. The SMILES string of the molecule is CN1CCCC1c1cnoc1C(=O)O. The van der Waals surface area contributed by atoms with Crippen LogP contribution in [0.1, 0.15) is 35.0 Å². The summed E-state index contributed by atoms with van der Waals surface area (Å²) in [5, 5.41) is 12.4. The van der Waals surface area contributed by atoms with Crippen LogP contribution in [-0.2, 0) is 0 Å². The first kappa shape index (κ1) is 9.21. The third kappa shape index (κ3) is 1.39. The maximum atomic E-state index is 10.8. The van der Waals surface area contributed by atoms with Crippen LogP contribution in [0, 0.1) is 0 Å².